The minimum atomic E-state index is -0.385. The third kappa shape index (κ3) is 6.08. The molecule has 0 bridgehead atoms. The fourth-order valence-corrected chi connectivity index (χ4v) is 5.12. The molecule has 6 rings (SSSR count). The fourth-order valence-electron chi connectivity index (χ4n) is 5.12. The Kier molecular flexibility index (Phi) is 8.87. The first-order valence-electron chi connectivity index (χ1n) is 13.2. The van der Waals surface area contributed by atoms with E-state index in [1.54, 1.807) is 44.2 Å². The van der Waals surface area contributed by atoms with Crippen LogP contribution >= 0.6 is 0 Å². The molecule has 0 amide bonds. The van der Waals surface area contributed by atoms with Gasteiger partial charge in [0.05, 0.1) is 15.6 Å². The molecule has 0 aliphatic heterocycles. The van der Waals surface area contributed by atoms with Crippen molar-refractivity contribution < 1.29 is 25.0 Å². The van der Waals surface area contributed by atoms with E-state index in [-0.39, 0.29) is 33.6 Å². The van der Waals surface area contributed by atoms with Gasteiger partial charge < -0.3 is 10.3 Å². The van der Waals surface area contributed by atoms with Crippen molar-refractivity contribution in [1.82, 2.24) is 0 Å². The molecule has 4 aromatic carbocycles. The van der Waals surface area contributed by atoms with Gasteiger partial charge in [-0.2, -0.15) is 0 Å². The molecule has 214 valence electrons. The molecule has 10 heteroatoms. The Hall–Kier alpha value is -5.22. The van der Waals surface area contributed by atoms with Crippen molar-refractivity contribution in [3.8, 4) is 22.3 Å². The Bertz CT molecular complexity index is 1680. The summed E-state index contributed by atoms with van der Waals surface area (Å²) in [7, 11) is 0. The van der Waals surface area contributed by atoms with Crippen molar-refractivity contribution >= 4 is 22.9 Å². The van der Waals surface area contributed by atoms with Crippen molar-refractivity contribution in [1.29, 1.82) is 0 Å². The number of ketones is 1. The Balaban J connectivity index is 0.000000177. The van der Waals surface area contributed by atoms with Crippen molar-refractivity contribution in [2.75, 3.05) is 6.61 Å². The van der Waals surface area contributed by atoms with Crippen LogP contribution in [-0.2, 0) is 12.8 Å². The van der Waals surface area contributed by atoms with Crippen LogP contribution in [0.15, 0.2) is 78.0 Å². The molecule has 2 N–H and O–H groups in total. The minimum Gasteiger partial charge on any atom is -0.411 e. The molecule has 0 saturated carbocycles. The van der Waals surface area contributed by atoms with Crippen LogP contribution in [0, 0.1) is 20.2 Å². The van der Waals surface area contributed by atoms with Gasteiger partial charge in [-0.25, -0.2) is 0 Å². The van der Waals surface area contributed by atoms with Crippen LogP contribution in [0.5, 0.6) is 0 Å². The van der Waals surface area contributed by atoms with E-state index in [0.29, 0.717) is 24.1 Å². The summed E-state index contributed by atoms with van der Waals surface area (Å²) >= 11 is 0. The van der Waals surface area contributed by atoms with Crippen LogP contribution in [0.2, 0.25) is 0 Å². The second kappa shape index (κ2) is 12.5. The molecule has 0 radical (unpaired) electrons. The Labute approximate surface area is 241 Å². The molecule has 0 heterocycles. The van der Waals surface area contributed by atoms with Crippen LogP contribution in [0.25, 0.3) is 22.3 Å². The highest BCUT2D eigenvalue weighted by Crippen LogP contribution is 2.40. The smallest absolute Gasteiger partial charge is 0.269 e. The SMILES string of the molecule is C/C(=N\O)c1ccc2c(c1)Cc1cc([N+](=O)[O-])ccc1-2.CC(=O)c1ccc2c(c1)Cc1cc([N+](=O)[O-])ccc1-2.CCO. The highest BCUT2D eigenvalue weighted by atomic mass is 16.6. The van der Waals surface area contributed by atoms with Crippen molar-refractivity contribution in [2.24, 2.45) is 5.16 Å². The van der Waals surface area contributed by atoms with Gasteiger partial charge in [0.1, 0.15) is 0 Å². The highest BCUT2D eigenvalue weighted by molar-refractivity contribution is 5.99. The summed E-state index contributed by atoms with van der Waals surface area (Å²) in [5.41, 5.74) is 10.6. The number of nitro groups is 2. The maximum Gasteiger partial charge on any atom is 0.269 e. The topological polar surface area (TPSA) is 156 Å². The van der Waals surface area contributed by atoms with E-state index in [0.717, 1.165) is 50.1 Å². The summed E-state index contributed by atoms with van der Waals surface area (Å²) in [6.07, 6.45) is 1.31. The molecule has 0 spiro atoms. The molecule has 0 fully saturated rings. The van der Waals surface area contributed by atoms with Crippen LogP contribution in [0.4, 0.5) is 11.4 Å². The Morgan fingerprint density at radius 1 is 0.714 bits per heavy atom. The maximum absolute atomic E-state index is 11.4. The first kappa shape index (κ1) is 29.8. The largest absolute Gasteiger partial charge is 0.411 e. The van der Waals surface area contributed by atoms with E-state index in [2.05, 4.69) is 5.16 Å². The van der Waals surface area contributed by atoms with Gasteiger partial charge in [0.15, 0.2) is 5.78 Å². The summed E-state index contributed by atoms with van der Waals surface area (Å²) in [4.78, 5) is 32.2. The molecule has 0 aromatic heterocycles. The van der Waals surface area contributed by atoms with E-state index in [4.69, 9.17) is 10.3 Å². The number of rotatable bonds is 4. The number of non-ortho nitro benzene ring substituents is 2. The number of aliphatic hydroxyl groups is 1. The summed E-state index contributed by atoms with van der Waals surface area (Å²) in [5.74, 6) is 0.0322. The van der Waals surface area contributed by atoms with E-state index < -0.39 is 0 Å². The summed E-state index contributed by atoms with van der Waals surface area (Å²) < 4.78 is 0. The average Bonchev–Trinajstić information content (AvgIpc) is 3.53. The van der Waals surface area contributed by atoms with Gasteiger partial charge in [0.2, 0.25) is 0 Å². The van der Waals surface area contributed by atoms with E-state index in [1.807, 2.05) is 30.3 Å². The Morgan fingerprint density at radius 3 is 1.45 bits per heavy atom. The molecule has 0 unspecified atom stereocenters. The lowest BCUT2D eigenvalue weighted by atomic mass is 10.0. The molecular formula is C32H29N3O7. The van der Waals surface area contributed by atoms with Gasteiger partial charge in [0, 0.05) is 36.4 Å². The molecule has 10 nitrogen and oxygen atoms in total. The minimum absolute atomic E-state index is 0.0322. The average molecular weight is 568 g/mol. The van der Waals surface area contributed by atoms with E-state index in [1.165, 1.54) is 19.1 Å². The van der Waals surface area contributed by atoms with Gasteiger partial charge in [-0.1, -0.05) is 29.4 Å². The van der Waals surface area contributed by atoms with Crippen molar-refractivity contribution in [2.45, 2.75) is 33.6 Å². The van der Waals surface area contributed by atoms with Crippen LogP contribution in [-0.4, -0.2) is 38.3 Å². The van der Waals surface area contributed by atoms with Gasteiger partial charge in [0.25, 0.3) is 11.4 Å². The molecule has 0 saturated heterocycles. The number of benzene rings is 4. The van der Waals surface area contributed by atoms with Gasteiger partial charge >= 0.3 is 0 Å². The van der Waals surface area contributed by atoms with Crippen molar-refractivity contribution in [3.05, 3.63) is 126 Å². The second-order valence-electron chi connectivity index (χ2n) is 9.85. The maximum atomic E-state index is 11.4. The number of Topliss-reactive ketones (excluding diaryl/α,β-unsaturated/α-hetero) is 1. The fraction of sp³-hybridized carbons (Fsp3) is 0.188. The lowest BCUT2D eigenvalue weighted by Crippen LogP contribution is -1.95. The standard InChI is InChI=1S/C15H12N2O3.C15H11NO3.C2H6O/c1-9(16-18)10-2-4-14-11(6-10)7-12-8-13(17(19)20)3-5-15(12)14;1-9(17)10-2-4-14-11(6-10)7-12-8-13(16(18)19)3-5-15(12)14;1-2-3/h2-6,8,18H,7H2,1H3;2-6,8H,7H2,1H3;3H,2H2,1H3/b16-9+;;. The van der Waals surface area contributed by atoms with Crippen molar-refractivity contribution in [3.63, 3.8) is 0 Å². The molecule has 4 aromatic rings. The summed E-state index contributed by atoms with van der Waals surface area (Å²) in [6, 6.07) is 21.3. The number of hydrogen-bond acceptors (Lipinski definition) is 8. The molecule has 0 atom stereocenters. The highest BCUT2D eigenvalue weighted by Gasteiger charge is 2.23. The van der Waals surface area contributed by atoms with Crippen LogP contribution in [0.3, 0.4) is 0 Å². The number of nitro benzene ring substituents is 2. The lowest BCUT2D eigenvalue weighted by molar-refractivity contribution is -0.385. The predicted molar refractivity (Wildman–Crippen MR) is 159 cm³/mol. The summed E-state index contributed by atoms with van der Waals surface area (Å²) in [5, 5.41) is 41.2. The molecule has 42 heavy (non-hydrogen) atoms. The zero-order valence-electron chi connectivity index (χ0n) is 23.3. The quantitative estimate of drug-likeness (QED) is 0.0786. The number of hydrogen-bond donors (Lipinski definition) is 2. The number of fused-ring (bicyclic) bond motifs is 6. The van der Waals surface area contributed by atoms with E-state index >= 15 is 0 Å². The number of oxime groups is 1. The normalized spacial score (nSPS) is 12.0. The number of nitrogens with zero attached hydrogens (tertiary/aromatic N) is 3. The number of carbonyl (C=O) groups excluding carboxylic acids is 1. The van der Waals surface area contributed by atoms with Gasteiger partial charge in [-0.15, -0.1) is 0 Å². The summed E-state index contributed by atoms with van der Waals surface area (Å²) in [6.45, 7) is 5.20. The first-order chi connectivity index (χ1) is 20.1. The first-order valence-corrected chi connectivity index (χ1v) is 13.2. The molecule has 2 aliphatic rings. The molecular weight excluding hydrogens is 538 g/mol. The monoisotopic (exact) mass is 567 g/mol. The Morgan fingerprint density at radius 2 is 1.07 bits per heavy atom. The third-order valence-corrected chi connectivity index (χ3v) is 7.13. The number of aliphatic hydroxyl groups excluding tert-OH is 1. The molecule has 2 aliphatic carbocycles. The zero-order valence-corrected chi connectivity index (χ0v) is 23.3. The third-order valence-electron chi connectivity index (χ3n) is 7.13. The second-order valence-corrected chi connectivity index (χ2v) is 9.85. The van der Waals surface area contributed by atoms with Gasteiger partial charge in [-0.05, 0) is 108 Å². The predicted octanol–water partition coefficient (Wildman–Crippen LogP) is 6.73. The number of carbonyl (C=O) groups is 1. The van der Waals surface area contributed by atoms with Gasteiger partial charge in [-0.3, -0.25) is 25.0 Å². The van der Waals surface area contributed by atoms with Crippen LogP contribution in [0.1, 0.15) is 58.9 Å². The zero-order chi connectivity index (χ0) is 30.6. The lowest BCUT2D eigenvalue weighted by Gasteiger charge is -2.03. The van der Waals surface area contributed by atoms with E-state index in [9.17, 15) is 25.0 Å². The van der Waals surface area contributed by atoms with Crippen LogP contribution < -0.4 is 0 Å².